The molecule has 1 aromatic rings. The van der Waals surface area contributed by atoms with E-state index in [4.69, 9.17) is 14.6 Å². The molecule has 0 radical (unpaired) electrons. The molecule has 0 bridgehead atoms. The predicted octanol–water partition coefficient (Wildman–Crippen LogP) is 2.89. The van der Waals surface area contributed by atoms with Crippen molar-refractivity contribution < 1.29 is 19.4 Å². The summed E-state index contributed by atoms with van der Waals surface area (Å²) in [4.78, 5) is 11.2. The van der Waals surface area contributed by atoms with Crippen LogP contribution in [0.5, 0.6) is 0 Å². The van der Waals surface area contributed by atoms with Gasteiger partial charge in [0.1, 0.15) is 6.61 Å². The molecular weight excluding hydrogens is 232 g/mol. The smallest absolute Gasteiger partial charge is 0.434 e. The molecule has 1 rings (SSSR count). The van der Waals surface area contributed by atoms with Gasteiger partial charge in [-0.3, -0.25) is 0 Å². The Morgan fingerprint density at radius 1 is 1.00 bits per heavy atom. The number of aliphatic hydroxyl groups is 1. The Morgan fingerprint density at radius 2 is 1.72 bits per heavy atom. The van der Waals surface area contributed by atoms with E-state index >= 15 is 0 Å². The number of benzene rings is 1. The van der Waals surface area contributed by atoms with Crippen molar-refractivity contribution in [3.8, 4) is 0 Å². The third kappa shape index (κ3) is 6.91. The van der Waals surface area contributed by atoms with E-state index in [0.717, 1.165) is 31.2 Å². The van der Waals surface area contributed by atoms with Crippen LogP contribution in [0.1, 0.15) is 31.2 Å². The maximum Gasteiger partial charge on any atom is 0.508 e. The Hall–Kier alpha value is -1.55. The third-order valence-corrected chi connectivity index (χ3v) is 2.47. The molecule has 0 saturated heterocycles. The summed E-state index contributed by atoms with van der Waals surface area (Å²) in [5.41, 5.74) is 0.942. The molecule has 0 atom stereocenters. The molecular formula is C14H20O4. The Balaban J connectivity index is 2.01. The second-order valence-corrected chi connectivity index (χ2v) is 4.01. The molecule has 0 fully saturated rings. The minimum absolute atomic E-state index is 0.222. The maximum absolute atomic E-state index is 11.2. The van der Waals surface area contributed by atoms with E-state index < -0.39 is 6.16 Å². The van der Waals surface area contributed by atoms with Gasteiger partial charge < -0.3 is 14.6 Å². The van der Waals surface area contributed by atoms with E-state index in [9.17, 15) is 4.79 Å². The number of unbranched alkanes of at least 4 members (excludes halogenated alkanes) is 3. The summed E-state index contributed by atoms with van der Waals surface area (Å²) in [7, 11) is 0. The fourth-order valence-corrected chi connectivity index (χ4v) is 1.48. The molecule has 0 amide bonds. The number of aliphatic hydroxyl groups excluding tert-OH is 1. The second-order valence-electron chi connectivity index (χ2n) is 4.01. The van der Waals surface area contributed by atoms with E-state index in [2.05, 4.69) is 0 Å². The SMILES string of the molecule is O=C(OCCCCCCO)OCc1ccccc1. The van der Waals surface area contributed by atoms with Gasteiger partial charge in [0.15, 0.2) is 0 Å². The van der Waals surface area contributed by atoms with Crippen molar-refractivity contribution in [3.05, 3.63) is 35.9 Å². The van der Waals surface area contributed by atoms with E-state index in [1.807, 2.05) is 30.3 Å². The summed E-state index contributed by atoms with van der Waals surface area (Å²) in [6, 6.07) is 9.48. The van der Waals surface area contributed by atoms with Crippen molar-refractivity contribution in [1.29, 1.82) is 0 Å². The van der Waals surface area contributed by atoms with Crippen LogP contribution in [-0.2, 0) is 16.1 Å². The average Bonchev–Trinajstić information content (AvgIpc) is 2.41. The summed E-state index contributed by atoms with van der Waals surface area (Å²) < 4.78 is 9.87. The highest BCUT2D eigenvalue weighted by Gasteiger charge is 2.03. The molecule has 0 aliphatic heterocycles. The number of ether oxygens (including phenoxy) is 2. The van der Waals surface area contributed by atoms with Crippen LogP contribution in [0.4, 0.5) is 4.79 Å². The number of rotatable bonds is 8. The summed E-state index contributed by atoms with van der Waals surface area (Å²) in [6.45, 7) is 0.837. The van der Waals surface area contributed by atoms with Crippen LogP contribution in [0.2, 0.25) is 0 Å². The van der Waals surface area contributed by atoms with E-state index in [1.165, 1.54) is 0 Å². The molecule has 0 heterocycles. The van der Waals surface area contributed by atoms with Crippen molar-refractivity contribution >= 4 is 6.16 Å². The summed E-state index contributed by atoms with van der Waals surface area (Å²) in [6.07, 6.45) is 2.89. The Bertz CT molecular complexity index is 324. The monoisotopic (exact) mass is 252 g/mol. The molecule has 18 heavy (non-hydrogen) atoms. The van der Waals surface area contributed by atoms with Crippen molar-refractivity contribution in [2.75, 3.05) is 13.2 Å². The largest absolute Gasteiger partial charge is 0.508 e. The van der Waals surface area contributed by atoms with Gasteiger partial charge in [-0.2, -0.15) is 0 Å². The van der Waals surface area contributed by atoms with Crippen LogP contribution < -0.4 is 0 Å². The molecule has 0 aliphatic carbocycles. The minimum Gasteiger partial charge on any atom is -0.434 e. The lowest BCUT2D eigenvalue weighted by atomic mass is 10.2. The molecule has 0 unspecified atom stereocenters. The van der Waals surface area contributed by atoms with Crippen molar-refractivity contribution in [2.45, 2.75) is 32.3 Å². The van der Waals surface area contributed by atoms with Crippen LogP contribution in [0.25, 0.3) is 0 Å². The topological polar surface area (TPSA) is 55.8 Å². The second kappa shape index (κ2) is 9.48. The number of hydrogen-bond donors (Lipinski definition) is 1. The van der Waals surface area contributed by atoms with Crippen LogP contribution in [-0.4, -0.2) is 24.5 Å². The lowest BCUT2D eigenvalue weighted by molar-refractivity contribution is 0.0487. The first kappa shape index (κ1) is 14.5. The van der Waals surface area contributed by atoms with Gasteiger partial charge in [-0.05, 0) is 24.8 Å². The molecule has 100 valence electrons. The van der Waals surface area contributed by atoms with Crippen LogP contribution in [0.15, 0.2) is 30.3 Å². The van der Waals surface area contributed by atoms with Gasteiger partial charge in [0.05, 0.1) is 6.61 Å². The van der Waals surface area contributed by atoms with Crippen LogP contribution in [0.3, 0.4) is 0 Å². The van der Waals surface area contributed by atoms with Gasteiger partial charge in [-0.15, -0.1) is 0 Å². The van der Waals surface area contributed by atoms with Crippen molar-refractivity contribution in [2.24, 2.45) is 0 Å². The zero-order chi connectivity index (χ0) is 13.1. The first-order chi connectivity index (χ1) is 8.83. The van der Waals surface area contributed by atoms with Crippen LogP contribution >= 0.6 is 0 Å². The van der Waals surface area contributed by atoms with Gasteiger partial charge in [-0.25, -0.2) is 4.79 Å². The van der Waals surface area contributed by atoms with E-state index in [-0.39, 0.29) is 13.2 Å². The minimum atomic E-state index is -0.624. The lowest BCUT2D eigenvalue weighted by Crippen LogP contribution is -2.08. The zero-order valence-corrected chi connectivity index (χ0v) is 10.5. The fourth-order valence-electron chi connectivity index (χ4n) is 1.48. The molecule has 4 heteroatoms. The molecule has 4 nitrogen and oxygen atoms in total. The Morgan fingerprint density at radius 3 is 2.44 bits per heavy atom. The van der Waals surface area contributed by atoms with Crippen molar-refractivity contribution in [3.63, 3.8) is 0 Å². The molecule has 1 N–H and O–H groups in total. The third-order valence-electron chi connectivity index (χ3n) is 2.47. The van der Waals surface area contributed by atoms with Gasteiger partial charge in [0.2, 0.25) is 0 Å². The summed E-state index contributed by atoms with van der Waals surface area (Å²) in [5.74, 6) is 0. The standard InChI is InChI=1S/C14H20O4/c15-10-6-1-2-7-11-17-14(16)18-12-13-8-4-3-5-9-13/h3-5,8-9,15H,1-2,6-7,10-12H2. The summed E-state index contributed by atoms with van der Waals surface area (Å²) >= 11 is 0. The number of carbonyl (C=O) groups excluding carboxylic acids is 1. The molecule has 0 spiro atoms. The maximum atomic E-state index is 11.2. The van der Waals surface area contributed by atoms with Crippen LogP contribution in [0, 0.1) is 0 Å². The van der Waals surface area contributed by atoms with Gasteiger partial charge in [0, 0.05) is 6.61 Å². The normalized spacial score (nSPS) is 10.1. The van der Waals surface area contributed by atoms with Crippen molar-refractivity contribution in [1.82, 2.24) is 0 Å². The van der Waals surface area contributed by atoms with Gasteiger partial charge in [-0.1, -0.05) is 36.8 Å². The highest BCUT2D eigenvalue weighted by atomic mass is 16.7. The van der Waals surface area contributed by atoms with E-state index in [0.29, 0.717) is 6.61 Å². The molecule has 0 aliphatic rings. The average molecular weight is 252 g/mol. The van der Waals surface area contributed by atoms with Gasteiger partial charge in [0.25, 0.3) is 0 Å². The predicted molar refractivity (Wildman–Crippen MR) is 68.1 cm³/mol. The number of carbonyl (C=O) groups is 1. The summed E-state index contributed by atoms with van der Waals surface area (Å²) in [5, 5.41) is 8.58. The molecule has 1 aromatic carbocycles. The van der Waals surface area contributed by atoms with Gasteiger partial charge >= 0.3 is 6.16 Å². The zero-order valence-electron chi connectivity index (χ0n) is 10.5. The fraction of sp³-hybridized carbons (Fsp3) is 0.500. The highest BCUT2D eigenvalue weighted by molar-refractivity contribution is 5.59. The number of hydrogen-bond acceptors (Lipinski definition) is 4. The highest BCUT2D eigenvalue weighted by Crippen LogP contribution is 2.03. The Labute approximate surface area is 108 Å². The first-order valence-electron chi connectivity index (χ1n) is 6.27. The first-order valence-corrected chi connectivity index (χ1v) is 6.27. The lowest BCUT2D eigenvalue weighted by Gasteiger charge is -2.06. The molecule has 0 aromatic heterocycles. The van der Waals surface area contributed by atoms with E-state index in [1.54, 1.807) is 0 Å². The molecule has 0 saturated carbocycles. The Kier molecular flexibility index (Phi) is 7.64. The quantitative estimate of drug-likeness (QED) is 0.571.